The molecule has 0 bridgehead atoms. The van der Waals surface area contributed by atoms with E-state index in [4.69, 9.17) is 9.47 Å². The monoisotopic (exact) mass is 309 g/mol. The second-order valence-electron chi connectivity index (χ2n) is 6.91. The number of likely N-dealkylation sites (tertiary alicyclic amines) is 1. The van der Waals surface area contributed by atoms with Crippen molar-refractivity contribution in [3.05, 3.63) is 24.3 Å². The van der Waals surface area contributed by atoms with E-state index in [1.807, 2.05) is 45.0 Å². The second kappa shape index (κ2) is 7.82. The molecule has 1 saturated heterocycles. The van der Waals surface area contributed by atoms with Crippen LogP contribution in [0.4, 0.5) is 4.39 Å². The van der Waals surface area contributed by atoms with Crippen LogP contribution in [-0.2, 0) is 0 Å². The summed E-state index contributed by atoms with van der Waals surface area (Å²) in [7, 11) is 0. The molecule has 0 unspecified atom stereocenters. The van der Waals surface area contributed by atoms with Crippen LogP contribution in [0.5, 0.6) is 11.5 Å². The lowest BCUT2D eigenvalue weighted by molar-refractivity contribution is 0.0863. The van der Waals surface area contributed by atoms with Gasteiger partial charge in [-0.2, -0.15) is 0 Å². The highest BCUT2D eigenvalue weighted by molar-refractivity contribution is 5.31. The van der Waals surface area contributed by atoms with Crippen LogP contribution in [0.15, 0.2) is 24.3 Å². The van der Waals surface area contributed by atoms with Gasteiger partial charge < -0.3 is 9.47 Å². The van der Waals surface area contributed by atoms with Gasteiger partial charge in [-0.25, -0.2) is 0 Å². The van der Waals surface area contributed by atoms with E-state index in [1.54, 1.807) is 0 Å². The molecule has 2 rings (SSSR count). The third kappa shape index (κ3) is 5.84. The van der Waals surface area contributed by atoms with E-state index in [0.717, 1.165) is 44.0 Å². The Morgan fingerprint density at radius 1 is 1.18 bits per heavy atom. The summed E-state index contributed by atoms with van der Waals surface area (Å²) in [6.07, 6.45) is 2.99. The number of alkyl halides is 1. The van der Waals surface area contributed by atoms with Crippen molar-refractivity contribution in [2.24, 2.45) is 0 Å². The van der Waals surface area contributed by atoms with Crippen LogP contribution in [0.3, 0.4) is 0 Å². The zero-order chi connectivity index (χ0) is 16.0. The molecule has 1 fully saturated rings. The largest absolute Gasteiger partial charge is 0.489 e. The smallest absolute Gasteiger partial charge is 0.120 e. The van der Waals surface area contributed by atoms with Crippen molar-refractivity contribution in [1.29, 1.82) is 0 Å². The molecule has 1 aliphatic heterocycles. The molecule has 1 aromatic carbocycles. The van der Waals surface area contributed by atoms with Crippen LogP contribution in [0.1, 0.15) is 40.0 Å². The number of nitrogens with zero attached hydrogens (tertiary/aromatic N) is 1. The van der Waals surface area contributed by atoms with Crippen molar-refractivity contribution in [2.45, 2.75) is 51.7 Å². The molecule has 0 spiro atoms. The van der Waals surface area contributed by atoms with E-state index >= 15 is 0 Å². The van der Waals surface area contributed by atoms with Gasteiger partial charge in [-0.15, -0.1) is 0 Å². The van der Waals surface area contributed by atoms with Gasteiger partial charge in [0.2, 0.25) is 0 Å². The quantitative estimate of drug-likeness (QED) is 0.791. The topological polar surface area (TPSA) is 21.7 Å². The number of benzene rings is 1. The van der Waals surface area contributed by atoms with Crippen molar-refractivity contribution in [2.75, 3.05) is 26.3 Å². The van der Waals surface area contributed by atoms with Crippen LogP contribution in [0.25, 0.3) is 0 Å². The summed E-state index contributed by atoms with van der Waals surface area (Å²) in [6, 6.07) is 7.82. The Hall–Kier alpha value is -1.29. The van der Waals surface area contributed by atoms with E-state index in [-0.39, 0.29) is 18.4 Å². The van der Waals surface area contributed by atoms with Gasteiger partial charge in [-0.1, -0.05) is 0 Å². The van der Waals surface area contributed by atoms with Gasteiger partial charge in [-0.3, -0.25) is 9.29 Å². The molecule has 0 N–H and O–H groups in total. The van der Waals surface area contributed by atoms with Crippen LogP contribution in [-0.4, -0.2) is 42.9 Å². The highest BCUT2D eigenvalue weighted by Crippen LogP contribution is 2.24. The SMILES string of the molecule is CC(C)(C)Oc1ccc(O[C@H]2CCCN(CCCF)C2)cc1. The summed E-state index contributed by atoms with van der Waals surface area (Å²) in [4.78, 5) is 2.30. The number of ether oxygens (including phenoxy) is 2. The highest BCUT2D eigenvalue weighted by Gasteiger charge is 2.21. The number of hydrogen-bond acceptors (Lipinski definition) is 3. The molecule has 0 radical (unpaired) electrons. The normalized spacial score (nSPS) is 19.9. The Bertz CT molecular complexity index is 441. The van der Waals surface area contributed by atoms with Gasteiger partial charge in [0.05, 0.1) is 6.67 Å². The number of hydrogen-bond donors (Lipinski definition) is 0. The lowest BCUT2D eigenvalue weighted by atomic mass is 10.1. The molecular formula is C18H28FNO2. The summed E-state index contributed by atoms with van der Waals surface area (Å²) in [5.41, 5.74) is -0.192. The Morgan fingerprint density at radius 3 is 2.50 bits per heavy atom. The summed E-state index contributed by atoms with van der Waals surface area (Å²) in [5, 5.41) is 0. The fraction of sp³-hybridized carbons (Fsp3) is 0.667. The molecule has 0 aromatic heterocycles. The van der Waals surface area contributed by atoms with Crippen LogP contribution in [0, 0.1) is 0 Å². The summed E-state index contributed by atoms with van der Waals surface area (Å²) in [5.74, 6) is 1.73. The molecular weight excluding hydrogens is 281 g/mol. The van der Waals surface area contributed by atoms with Gasteiger partial charge in [0.15, 0.2) is 0 Å². The molecule has 3 nitrogen and oxygen atoms in total. The minimum Gasteiger partial charge on any atom is -0.489 e. The maximum absolute atomic E-state index is 12.3. The Labute approximate surface area is 133 Å². The molecule has 1 atom stereocenters. The molecule has 0 saturated carbocycles. The maximum atomic E-state index is 12.3. The van der Waals surface area contributed by atoms with Gasteiger partial charge in [0.25, 0.3) is 0 Å². The molecule has 1 aliphatic rings. The van der Waals surface area contributed by atoms with E-state index in [0.29, 0.717) is 6.42 Å². The summed E-state index contributed by atoms with van der Waals surface area (Å²) >= 11 is 0. The first-order valence-electron chi connectivity index (χ1n) is 8.20. The lowest BCUT2D eigenvalue weighted by Crippen LogP contribution is -2.41. The van der Waals surface area contributed by atoms with Crippen molar-refractivity contribution >= 4 is 0 Å². The zero-order valence-electron chi connectivity index (χ0n) is 14.0. The van der Waals surface area contributed by atoms with E-state index < -0.39 is 0 Å². The Morgan fingerprint density at radius 2 is 1.86 bits per heavy atom. The van der Waals surface area contributed by atoms with Gasteiger partial charge in [0, 0.05) is 13.1 Å². The van der Waals surface area contributed by atoms with Crippen molar-refractivity contribution in [3.8, 4) is 11.5 Å². The summed E-state index contributed by atoms with van der Waals surface area (Å²) in [6.45, 7) is 8.63. The fourth-order valence-corrected chi connectivity index (χ4v) is 2.73. The van der Waals surface area contributed by atoms with Crippen LogP contribution in [0.2, 0.25) is 0 Å². The number of halogens is 1. The predicted molar refractivity (Wildman–Crippen MR) is 87.5 cm³/mol. The van der Waals surface area contributed by atoms with Gasteiger partial charge >= 0.3 is 0 Å². The first-order chi connectivity index (χ1) is 10.5. The maximum Gasteiger partial charge on any atom is 0.120 e. The number of piperidine rings is 1. The van der Waals surface area contributed by atoms with E-state index in [2.05, 4.69) is 4.90 Å². The fourth-order valence-electron chi connectivity index (χ4n) is 2.73. The molecule has 0 amide bonds. The molecule has 124 valence electrons. The first-order valence-corrected chi connectivity index (χ1v) is 8.20. The first kappa shape index (κ1) is 17.1. The van der Waals surface area contributed by atoms with Crippen LogP contribution < -0.4 is 9.47 Å². The molecule has 0 aliphatic carbocycles. The third-order valence-corrected chi connectivity index (χ3v) is 3.62. The Kier molecular flexibility index (Phi) is 6.07. The average molecular weight is 309 g/mol. The molecule has 4 heteroatoms. The third-order valence-electron chi connectivity index (χ3n) is 3.62. The molecule has 1 aromatic rings. The van der Waals surface area contributed by atoms with Gasteiger partial charge in [0.1, 0.15) is 23.2 Å². The van der Waals surface area contributed by atoms with Crippen molar-refractivity contribution in [3.63, 3.8) is 0 Å². The summed E-state index contributed by atoms with van der Waals surface area (Å²) < 4.78 is 24.1. The van der Waals surface area contributed by atoms with Gasteiger partial charge in [-0.05, 0) is 70.8 Å². The van der Waals surface area contributed by atoms with Crippen molar-refractivity contribution < 1.29 is 13.9 Å². The molecule has 22 heavy (non-hydrogen) atoms. The average Bonchev–Trinajstić information content (AvgIpc) is 2.46. The number of rotatable bonds is 6. The highest BCUT2D eigenvalue weighted by atomic mass is 19.1. The standard InChI is InChI=1S/C18H28FNO2/c1-18(2,3)22-16-9-7-15(8-10-16)21-17-6-4-12-20(14-17)13-5-11-19/h7-10,17H,4-6,11-14H2,1-3H3/t17-/m0/s1. The zero-order valence-corrected chi connectivity index (χ0v) is 14.0. The lowest BCUT2D eigenvalue weighted by Gasteiger charge is -2.32. The van der Waals surface area contributed by atoms with E-state index in [1.165, 1.54) is 0 Å². The van der Waals surface area contributed by atoms with Crippen molar-refractivity contribution in [1.82, 2.24) is 4.90 Å². The Balaban J connectivity index is 1.85. The predicted octanol–water partition coefficient (Wildman–Crippen LogP) is 4.07. The minimum atomic E-state index is -0.239. The molecule has 1 heterocycles. The second-order valence-corrected chi connectivity index (χ2v) is 6.91. The minimum absolute atomic E-state index is 0.192. The van der Waals surface area contributed by atoms with Crippen LogP contribution >= 0.6 is 0 Å². The van der Waals surface area contributed by atoms with E-state index in [9.17, 15) is 4.39 Å².